The highest BCUT2D eigenvalue weighted by Gasteiger charge is 2.23. The molecule has 0 fully saturated rings. The van der Waals surface area contributed by atoms with Crippen molar-refractivity contribution in [1.29, 1.82) is 0 Å². The molecule has 0 amide bonds. The van der Waals surface area contributed by atoms with E-state index in [1.807, 2.05) is 4.68 Å². The zero-order chi connectivity index (χ0) is 15.4. The van der Waals surface area contributed by atoms with Gasteiger partial charge in [-0.1, -0.05) is 41.4 Å². The van der Waals surface area contributed by atoms with E-state index in [1.165, 1.54) is 9.13 Å². The van der Waals surface area contributed by atoms with E-state index in [4.69, 9.17) is 11.6 Å². The van der Waals surface area contributed by atoms with Crippen molar-refractivity contribution in [2.45, 2.75) is 32.9 Å². The number of rotatable bonds is 6. The Balaban J connectivity index is 2.53. The van der Waals surface area contributed by atoms with Crippen LogP contribution in [0.2, 0.25) is 5.02 Å². The first-order valence-corrected chi connectivity index (χ1v) is 9.23. The molecule has 0 saturated heterocycles. The van der Waals surface area contributed by atoms with E-state index in [0.717, 1.165) is 29.7 Å². The van der Waals surface area contributed by atoms with Gasteiger partial charge in [-0.3, -0.25) is 4.68 Å². The van der Waals surface area contributed by atoms with Gasteiger partial charge in [-0.05, 0) is 59.3 Å². The standard InChI is InChI=1S/C15H18BrClIN3/c1-3-7-21-15(12(17)9-20-21)14(19-4-2)11-8-10(16)5-6-13(11)18/h5-6,8-9,14,19H,3-4,7H2,1-2H3. The van der Waals surface area contributed by atoms with Crippen molar-refractivity contribution < 1.29 is 0 Å². The molecule has 1 aromatic heterocycles. The van der Waals surface area contributed by atoms with Gasteiger partial charge >= 0.3 is 0 Å². The van der Waals surface area contributed by atoms with Gasteiger partial charge in [-0.15, -0.1) is 0 Å². The summed E-state index contributed by atoms with van der Waals surface area (Å²) in [6, 6.07) is 6.35. The molecule has 0 radical (unpaired) electrons. The number of hydrogen-bond donors (Lipinski definition) is 1. The summed E-state index contributed by atoms with van der Waals surface area (Å²) in [7, 11) is 0. The van der Waals surface area contributed by atoms with Crippen molar-refractivity contribution in [3.8, 4) is 0 Å². The molecule has 3 nitrogen and oxygen atoms in total. The summed E-state index contributed by atoms with van der Waals surface area (Å²) in [5.74, 6) is 0. The van der Waals surface area contributed by atoms with Crippen LogP contribution in [0.15, 0.2) is 28.9 Å². The summed E-state index contributed by atoms with van der Waals surface area (Å²) in [6.45, 7) is 5.98. The van der Waals surface area contributed by atoms with Crippen LogP contribution in [0.3, 0.4) is 0 Å². The second-order valence-electron chi connectivity index (χ2n) is 4.76. The van der Waals surface area contributed by atoms with Gasteiger partial charge in [0.25, 0.3) is 0 Å². The van der Waals surface area contributed by atoms with Gasteiger partial charge in [0.15, 0.2) is 0 Å². The zero-order valence-electron chi connectivity index (χ0n) is 12.0. The number of hydrogen-bond acceptors (Lipinski definition) is 2. The molecule has 21 heavy (non-hydrogen) atoms. The van der Waals surface area contributed by atoms with E-state index >= 15 is 0 Å². The van der Waals surface area contributed by atoms with Gasteiger partial charge in [0.1, 0.15) is 0 Å². The lowest BCUT2D eigenvalue weighted by Crippen LogP contribution is -2.26. The van der Waals surface area contributed by atoms with Gasteiger partial charge in [-0.25, -0.2) is 0 Å². The first-order valence-electron chi connectivity index (χ1n) is 6.98. The van der Waals surface area contributed by atoms with Crippen LogP contribution in [0.25, 0.3) is 0 Å². The molecule has 1 N–H and O–H groups in total. The minimum absolute atomic E-state index is 0.0425. The van der Waals surface area contributed by atoms with Crippen molar-refractivity contribution in [2.24, 2.45) is 0 Å². The molecule has 0 bridgehead atoms. The predicted octanol–water partition coefficient (Wildman–Crippen LogP) is 5.01. The molecule has 1 aromatic carbocycles. The van der Waals surface area contributed by atoms with Crippen molar-refractivity contribution in [3.05, 3.63) is 48.7 Å². The monoisotopic (exact) mass is 481 g/mol. The maximum absolute atomic E-state index is 6.42. The molecule has 0 aliphatic heterocycles. The van der Waals surface area contributed by atoms with Crippen molar-refractivity contribution in [3.63, 3.8) is 0 Å². The van der Waals surface area contributed by atoms with Crippen LogP contribution < -0.4 is 5.32 Å². The third kappa shape index (κ3) is 4.00. The van der Waals surface area contributed by atoms with E-state index in [1.54, 1.807) is 6.20 Å². The SMILES string of the molecule is CCCn1ncc(Cl)c1C(NCC)c1cc(Br)ccc1I. The summed E-state index contributed by atoms with van der Waals surface area (Å²) in [4.78, 5) is 0. The van der Waals surface area contributed by atoms with Crippen LogP contribution in [0.4, 0.5) is 0 Å². The Kier molecular flexibility index (Phi) is 6.52. The van der Waals surface area contributed by atoms with Crippen LogP contribution in [-0.2, 0) is 6.54 Å². The fourth-order valence-corrected chi connectivity index (χ4v) is 3.62. The number of halogens is 3. The molecule has 6 heteroatoms. The fourth-order valence-electron chi connectivity index (χ4n) is 2.34. The fraction of sp³-hybridized carbons (Fsp3) is 0.400. The van der Waals surface area contributed by atoms with E-state index in [9.17, 15) is 0 Å². The van der Waals surface area contributed by atoms with E-state index in [-0.39, 0.29) is 6.04 Å². The van der Waals surface area contributed by atoms with Crippen LogP contribution in [-0.4, -0.2) is 16.3 Å². The highest BCUT2D eigenvalue weighted by atomic mass is 127. The Labute approximate surface area is 152 Å². The van der Waals surface area contributed by atoms with Crippen molar-refractivity contribution in [2.75, 3.05) is 6.54 Å². The first kappa shape index (κ1) is 17.2. The molecular weight excluding hydrogens is 464 g/mol. The lowest BCUT2D eigenvalue weighted by molar-refractivity contribution is 0.519. The minimum Gasteiger partial charge on any atom is -0.305 e. The molecule has 1 atom stereocenters. The predicted molar refractivity (Wildman–Crippen MR) is 99.9 cm³/mol. The molecular formula is C15H18BrClIN3. The second kappa shape index (κ2) is 7.94. The summed E-state index contributed by atoms with van der Waals surface area (Å²) in [5, 5.41) is 8.67. The number of benzene rings is 1. The summed E-state index contributed by atoms with van der Waals surface area (Å²) < 4.78 is 4.28. The molecule has 1 unspecified atom stereocenters. The van der Waals surface area contributed by atoms with Crippen LogP contribution in [0, 0.1) is 3.57 Å². The largest absolute Gasteiger partial charge is 0.305 e. The minimum atomic E-state index is 0.0425. The molecule has 114 valence electrons. The summed E-state index contributed by atoms with van der Waals surface area (Å²) >= 11 is 12.3. The van der Waals surface area contributed by atoms with Gasteiger partial charge < -0.3 is 5.32 Å². The molecule has 2 rings (SSSR count). The topological polar surface area (TPSA) is 29.9 Å². The van der Waals surface area contributed by atoms with Gasteiger partial charge in [0.2, 0.25) is 0 Å². The highest BCUT2D eigenvalue weighted by Crippen LogP contribution is 2.32. The van der Waals surface area contributed by atoms with Crippen LogP contribution in [0.1, 0.15) is 37.6 Å². The third-order valence-corrected chi connectivity index (χ3v) is 4.99. The average molecular weight is 483 g/mol. The summed E-state index contributed by atoms with van der Waals surface area (Å²) in [5.41, 5.74) is 2.25. The second-order valence-corrected chi connectivity index (χ2v) is 7.24. The smallest absolute Gasteiger partial charge is 0.0837 e. The van der Waals surface area contributed by atoms with E-state index in [0.29, 0.717) is 5.02 Å². The Hall–Kier alpha value is -0.110. The highest BCUT2D eigenvalue weighted by molar-refractivity contribution is 14.1. The van der Waals surface area contributed by atoms with Gasteiger partial charge in [0, 0.05) is 14.6 Å². The molecule has 0 aliphatic carbocycles. The lowest BCUT2D eigenvalue weighted by Gasteiger charge is -2.22. The summed E-state index contributed by atoms with van der Waals surface area (Å²) in [6.07, 6.45) is 2.77. The molecule has 0 saturated carbocycles. The Bertz CT molecular complexity index is 615. The van der Waals surface area contributed by atoms with Crippen LogP contribution in [0.5, 0.6) is 0 Å². The molecule has 0 aliphatic rings. The molecule has 1 heterocycles. The van der Waals surface area contributed by atoms with Crippen molar-refractivity contribution >= 4 is 50.1 Å². The quantitative estimate of drug-likeness (QED) is 0.587. The van der Waals surface area contributed by atoms with Gasteiger partial charge in [0.05, 0.1) is 23.0 Å². The zero-order valence-corrected chi connectivity index (χ0v) is 16.5. The molecule has 0 spiro atoms. The van der Waals surface area contributed by atoms with Crippen LogP contribution >= 0.6 is 50.1 Å². The number of nitrogens with zero attached hydrogens (tertiary/aromatic N) is 2. The molecule has 2 aromatic rings. The van der Waals surface area contributed by atoms with E-state index < -0.39 is 0 Å². The number of aryl methyl sites for hydroxylation is 1. The Morgan fingerprint density at radius 3 is 2.86 bits per heavy atom. The number of aromatic nitrogens is 2. The van der Waals surface area contributed by atoms with E-state index in [2.05, 4.69) is 81.0 Å². The lowest BCUT2D eigenvalue weighted by atomic mass is 10.0. The maximum Gasteiger partial charge on any atom is 0.0837 e. The number of nitrogens with one attached hydrogen (secondary N) is 1. The third-order valence-electron chi connectivity index (χ3n) is 3.22. The normalized spacial score (nSPS) is 12.6. The maximum atomic E-state index is 6.42. The first-order chi connectivity index (χ1) is 10.1. The Morgan fingerprint density at radius 2 is 2.19 bits per heavy atom. The van der Waals surface area contributed by atoms with Gasteiger partial charge in [-0.2, -0.15) is 5.10 Å². The van der Waals surface area contributed by atoms with Crippen molar-refractivity contribution in [1.82, 2.24) is 15.1 Å². The average Bonchev–Trinajstić information content (AvgIpc) is 2.81. The Morgan fingerprint density at radius 1 is 1.43 bits per heavy atom.